The maximum absolute atomic E-state index is 5.39. The summed E-state index contributed by atoms with van der Waals surface area (Å²) >= 11 is 0. The highest BCUT2D eigenvalue weighted by Crippen LogP contribution is 2.48. The average Bonchev–Trinajstić information content (AvgIpc) is 2.39. The summed E-state index contributed by atoms with van der Waals surface area (Å²) in [7, 11) is 3.99. The van der Waals surface area contributed by atoms with Crippen LogP contribution < -0.4 is 0 Å². The van der Waals surface area contributed by atoms with Crippen LogP contribution in [-0.2, 0) is 16.6 Å². The van der Waals surface area contributed by atoms with E-state index in [-0.39, 0.29) is 5.41 Å². The summed E-state index contributed by atoms with van der Waals surface area (Å²) in [6.07, 6.45) is 4.27. The monoisotopic (exact) mass is 257 g/mol. The molecule has 2 bridgehead atoms. The van der Waals surface area contributed by atoms with Crippen molar-refractivity contribution >= 4 is 0 Å². The van der Waals surface area contributed by atoms with Gasteiger partial charge in [-0.05, 0) is 50.1 Å². The van der Waals surface area contributed by atoms with Crippen LogP contribution >= 0.6 is 0 Å². The zero-order valence-electron chi connectivity index (χ0n) is 12.4. The smallest absolute Gasteiger partial charge is 0.0841 e. The molecule has 0 radical (unpaired) electrons. The standard InChI is InChI=1S/C17H23NO/c1-12-5-6-13-10-16-15(11-19-4)17(2,14(13)9-12)7-8-18(16)3/h5-6,9,11,16H,7-8,10H2,1-4H3/t16-,17+/m1/s1. The number of hydrogen-bond donors (Lipinski definition) is 0. The van der Waals surface area contributed by atoms with E-state index in [9.17, 15) is 0 Å². The summed E-state index contributed by atoms with van der Waals surface area (Å²) in [6, 6.07) is 7.43. The van der Waals surface area contributed by atoms with Gasteiger partial charge in [-0.2, -0.15) is 0 Å². The minimum Gasteiger partial charge on any atom is -0.504 e. The van der Waals surface area contributed by atoms with Crippen LogP contribution in [0.5, 0.6) is 0 Å². The van der Waals surface area contributed by atoms with E-state index in [1.54, 1.807) is 7.11 Å². The van der Waals surface area contributed by atoms with E-state index in [1.807, 2.05) is 6.26 Å². The van der Waals surface area contributed by atoms with E-state index in [1.165, 1.54) is 28.7 Å². The Balaban J connectivity index is 2.20. The molecule has 2 atom stereocenters. The molecule has 3 rings (SSSR count). The van der Waals surface area contributed by atoms with E-state index >= 15 is 0 Å². The Morgan fingerprint density at radius 3 is 2.95 bits per heavy atom. The highest BCUT2D eigenvalue weighted by molar-refractivity contribution is 5.50. The molecule has 1 aliphatic carbocycles. The lowest BCUT2D eigenvalue weighted by Crippen LogP contribution is -2.52. The SMILES string of the molecule is COC=C1[C@H]2Cc3ccc(C)cc3[C@]1(C)CCN2C. The van der Waals surface area contributed by atoms with Gasteiger partial charge in [0.1, 0.15) is 0 Å². The van der Waals surface area contributed by atoms with Crippen LogP contribution in [0.1, 0.15) is 30.0 Å². The maximum Gasteiger partial charge on any atom is 0.0841 e. The number of benzene rings is 1. The van der Waals surface area contributed by atoms with Gasteiger partial charge in [-0.25, -0.2) is 0 Å². The van der Waals surface area contributed by atoms with Gasteiger partial charge in [0.05, 0.1) is 13.4 Å². The minimum absolute atomic E-state index is 0.146. The van der Waals surface area contributed by atoms with Gasteiger partial charge in [-0.1, -0.05) is 30.7 Å². The van der Waals surface area contributed by atoms with Crippen molar-refractivity contribution in [2.24, 2.45) is 0 Å². The van der Waals surface area contributed by atoms with E-state index in [4.69, 9.17) is 4.74 Å². The fraction of sp³-hybridized carbons (Fsp3) is 0.529. The van der Waals surface area contributed by atoms with Crippen molar-refractivity contribution in [3.63, 3.8) is 0 Å². The van der Waals surface area contributed by atoms with Gasteiger partial charge in [0, 0.05) is 11.5 Å². The summed E-state index contributed by atoms with van der Waals surface area (Å²) < 4.78 is 5.39. The molecule has 1 aromatic rings. The van der Waals surface area contributed by atoms with Crippen LogP contribution in [0.4, 0.5) is 0 Å². The summed E-state index contributed by atoms with van der Waals surface area (Å²) in [5.74, 6) is 0. The minimum atomic E-state index is 0.146. The van der Waals surface area contributed by atoms with Gasteiger partial charge in [-0.3, -0.25) is 4.90 Å². The molecular weight excluding hydrogens is 234 g/mol. The zero-order chi connectivity index (χ0) is 13.6. The topological polar surface area (TPSA) is 12.5 Å². The number of fused-ring (bicyclic) bond motifs is 4. The average molecular weight is 257 g/mol. The molecule has 1 saturated heterocycles. The van der Waals surface area contributed by atoms with Gasteiger partial charge < -0.3 is 4.74 Å². The number of nitrogens with zero attached hydrogens (tertiary/aromatic N) is 1. The van der Waals surface area contributed by atoms with Gasteiger partial charge in [0.15, 0.2) is 0 Å². The molecule has 0 N–H and O–H groups in total. The van der Waals surface area contributed by atoms with Crippen LogP contribution in [-0.4, -0.2) is 31.6 Å². The first-order valence-electron chi connectivity index (χ1n) is 7.10. The van der Waals surface area contributed by atoms with Crippen molar-refractivity contribution in [2.75, 3.05) is 20.7 Å². The number of likely N-dealkylation sites (tertiary alicyclic amines) is 1. The lowest BCUT2D eigenvalue weighted by molar-refractivity contribution is 0.166. The number of methoxy groups -OCH3 is 1. The van der Waals surface area contributed by atoms with Gasteiger partial charge in [0.2, 0.25) is 0 Å². The molecule has 102 valence electrons. The van der Waals surface area contributed by atoms with E-state index < -0.39 is 0 Å². The molecule has 1 heterocycles. The van der Waals surface area contributed by atoms with Crippen molar-refractivity contribution in [1.82, 2.24) is 4.90 Å². The second-order valence-electron chi connectivity index (χ2n) is 6.25. The van der Waals surface area contributed by atoms with Crippen LogP contribution in [0.25, 0.3) is 0 Å². The molecule has 2 heteroatoms. The molecule has 0 saturated carbocycles. The Hall–Kier alpha value is -1.28. The Bertz CT molecular complexity index is 534. The molecule has 0 amide bonds. The second kappa shape index (κ2) is 4.38. The van der Waals surface area contributed by atoms with Crippen LogP contribution in [0.15, 0.2) is 30.0 Å². The molecule has 0 aromatic heterocycles. The molecule has 0 unspecified atom stereocenters. The van der Waals surface area contributed by atoms with Crippen molar-refractivity contribution in [3.8, 4) is 0 Å². The largest absolute Gasteiger partial charge is 0.504 e. The van der Waals surface area contributed by atoms with Gasteiger partial charge >= 0.3 is 0 Å². The molecule has 2 nitrogen and oxygen atoms in total. The number of piperidine rings is 1. The third-order valence-corrected chi connectivity index (χ3v) is 5.01. The van der Waals surface area contributed by atoms with Crippen LogP contribution in [0.3, 0.4) is 0 Å². The predicted molar refractivity (Wildman–Crippen MR) is 78.4 cm³/mol. The normalized spacial score (nSPS) is 32.2. The number of aryl methyl sites for hydroxylation is 1. The first kappa shape index (κ1) is 12.7. The lowest BCUT2D eigenvalue weighted by atomic mass is 9.62. The van der Waals surface area contributed by atoms with E-state index in [2.05, 4.69) is 44.0 Å². The Kier molecular flexibility index (Phi) is 2.94. The second-order valence-corrected chi connectivity index (χ2v) is 6.25. The Labute approximate surface area is 116 Å². The van der Waals surface area contributed by atoms with Crippen molar-refractivity contribution in [1.29, 1.82) is 0 Å². The van der Waals surface area contributed by atoms with E-state index in [0.29, 0.717) is 6.04 Å². The molecule has 1 fully saturated rings. The number of hydrogen-bond acceptors (Lipinski definition) is 2. The molecule has 1 aliphatic heterocycles. The quantitative estimate of drug-likeness (QED) is 0.717. The van der Waals surface area contributed by atoms with Gasteiger partial charge in [0.25, 0.3) is 0 Å². The highest BCUT2D eigenvalue weighted by atomic mass is 16.5. The Morgan fingerprint density at radius 2 is 2.21 bits per heavy atom. The van der Waals surface area contributed by atoms with Crippen molar-refractivity contribution in [2.45, 2.75) is 38.1 Å². The summed E-state index contributed by atoms with van der Waals surface area (Å²) in [5, 5.41) is 0. The number of rotatable bonds is 1. The maximum atomic E-state index is 5.39. The fourth-order valence-corrected chi connectivity index (χ4v) is 3.79. The van der Waals surface area contributed by atoms with Crippen molar-refractivity contribution < 1.29 is 4.74 Å². The number of likely N-dealkylation sites (N-methyl/N-ethyl adjacent to an activating group) is 1. The first-order chi connectivity index (χ1) is 9.06. The molecule has 1 aromatic carbocycles. The molecule has 0 spiro atoms. The fourth-order valence-electron chi connectivity index (χ4n) is 3.79. The zero-order valence-corrected chi connectivity index (χ0v) is 12.4. The summed E-state index contributed by atoms with van der Waals surface area (Å²) in [5.41, 5.74) is 5.97. The number of ether oxygens (including phenoxy) is 1. The summed E-state index contributed by atoms with van der Waals surface area (Å²) in [6.45, 7) is 5.73. The predicted octanol–water partition coefficient (Wildman–Crippen LogP) is 3.04. The van der Waals surface area contributed by atoms with Crippen LogP contribution in [0, 0.1) is 6.92 Å². The third kappa shape index (κ3) is 1.81. The van der Waals surface area contributed by atoms with Gasteiger partial charge in [-0.15, -0.1) is 0 Å². The van der Waals surface area contributed by atoms with Crippen molar-refractivity contribution in [3.05, 3.63) is 46.7 Å². The van der Waals surface area contributed by atoms with Crippen LogP contribution in [0.2, 0.25) is 0 Å². The molecule has 19 heavy (non-hydrogen) atoms. The Morgan fingerprint density at radius 1 is 1.42 bits per heavy atom. The first-order valence-corrected chi connectivity index (χ1v) is 7.10. The van der Waals surface area contributed by atoms with E-state index in [0.717, 1.165) is 13.0 Å². The molecule has 2 aliphatic rings. The highest BCUT2D eigenvalue weighted by Gasteiger charge is 2.46. The summed E-state index contributed by atoms with van der Waals surface area (Å²) in [4.78, 5) is 2.47. The lowest BCUT2D eigenvalue weighted by Gasteiger charge is -2.50. The molecular formula is C17H23NO. The third-order valence-electron chi connectivity index (χ3n) is 5.01.